The van der Waals surface area contributed by atoms with E-state index in [2.05, 4.69) is 34.5 Å². The van der Waals surface area contributed by atoms with Crippen molar-refractivity contribution in [3.63, 3.8) is 0 Å². The smallest absolute Gasteiger partial charge is 0.234 e. The summed E-state index contributed by atoms with van der Waals surface area (Å²) in [4.78, 5) is 27.9. The second-order valence-corrected chi connectivity index (χ2v) is 9.13. The molecular formula is C28H30N2O4. The van der Waals surface area contributed by atoms with Crippen molar-refractivity contribution < 1.29 is 19.1 Å². The summed E-state index contributed by atoms with van der Waals surface area (Å²) in [6.07, 6.45) is 1.50. The molecule has 1 N–H and O–H groups in total. The van der Waals surface area contributed by atoms with Gasteiger partial charge >= 0.3 is 0 Å². The van der Waals surface area contributed by atoms with Gasteiger partial charge in [0.15, 0.2) is 17.3 Å². The first-order valence-corrected chi connectivity index (χ1v) is 12.0. The lowest BCUT2D eigenvalue weighted by molar-refractivity contribution is -0.123. The van der Waals surface area contributed by atoms with Crippen LogP contribution in [-0.4, -0.2) is 49.4 Å². The Morgan fingerprint density at radius 3 is 2.53 bits per heavy atom. The second kappa shape index (κ2) is 9.85. The summed E-state index contributed by atoms with van der Waals surface area (Å²) >= 11 is 0. The predicted molar refractivity (Wildman–Crippen MR) is 131 cm³/mol. The number of hydrogen-bond acceptors (Lipinski definition) is 5. The number of benzene rings is 3. The Labute approximate surface area is 199 Å². The maximum Gasteiger partial charge on any atom is 0.234 e. The molecule has 0 aliphatic carbocycles. The number of nitrogens with zero attached hydrogens (tertiary/aromatic N) is 1. The molecule has 5 rings (SSSR count). The van der Waals surface area contributed by atoms with E-state index in [9.17, 15) is 9.59 Å². The zero-order chi connectivity index (χ0) is 23.5. The van der Waals surface area contributed by atoms with Gasteiger partial charge in [-0.3, -0.25) is 14.5 Å². The maximum atomic E-state index is 13.0. The first kappa shape index (κ1) is 22.4. The van der Waals surface area contributed by atoms with E-state index in [-0.39, 0.29) is 23.7 Å². The molecule has 3 aromatic rings. The number of fused-ring (bicyclic) bond motifs is 2. The van der Waals surface area contributed by atoms with Crippen molar-refractivity contribution in [3.05, 3.63) is 71.8 Å². The number of rotatable bonds is 6. The van der Waals surface area contributed by atoms with Crippen molar-refractivity contribution >= 4 is 22.5 Å². The van der Waals surface area contributed by atoms with E-state index in [0.29, 0.717) is 36.8 Å². The van der Waals surface area contributed by atoms with Gasteiger partial charge in [0.1, 0.15) is 13.2 Å². The van der Waals surface area contributed by atoms with Crippen molar-refractivity contribution in [3.8, 4) is 11.5 Å². The first-order valence-electron chi connectivity index (χ1n) is 12.0. The van der Waals surface area contributed by atoms with E-state index in [0.717, 1.165) is 36.9 Å². The zero-order valence-corrected chi connectivity index (χ0v) is 19.5. The lowest BCUT2D eigenvalue weighted by Gasteiger charge is -2.31. The number of carbonyl (C=O) groups excluding carboxylic acids is 2. The lowest BCUT2D eigenvalue weighted by Crippen LogP contribution is -2.43. The number of hydrogen-bond donors (Lipinski definition) is 1. The highest BCUT2D eigenvalue weighted by Gasteiger charge is 2.28. The number of likely N-dealkylation sites (tertiary alicyclic amines) is 1. The molecule has 1 saturated heterocycles. The average molecular weight is 459 g/mol. The molecule has 6 nitrogen and oxygen atoms in total. The SMILES string of the molecule is CC(NC(=O)CN1CCC(C(=O)c2ccc3c(c2)OCCO3)CC1)c1cccc2ccccc12. The fourth-order valence-electron chi connectivity index (χ4n) is 4.98. The molecule has 1 amide bonds. The van der Waals surface area contributed by atoms with E-state index in [1.54, 1.807) is 6.07 Å². The molecule has 1 unspecified atom stereocenters. The fraction of sp³-hybridized carbons (Fsp3) is 0.357. The summed E-state index contributed by atoms with van der Waals surface area (Å²) in [6, 6.07) is 19.8. The van der Waals surface area contributed by atoms with E-state index in [1.807, 2.05) is 37.3 Å². The Balaban J connectivity index is 1.14. The highest BCUT2D eigenvalue weighted by atomic mass is 16.6. The number of ketones is 1. The average Bonchev–Trinajstić information content (AvgIpc) is 2.88. The second-order valence-electron chi connectivity index (χ2n) is 9.13. The first-order chi connectivity index (χ1) is 16.6. The Morgan fingerprint density at radius 2 is 1.71 bits per heavy atom. The van der Waals surface area contributed by atoms with Crippen molar-refractivity contribution in [2.45, 2.75) is 25.8 Å². The third-order valence-electron chi connectivity index (χ3n) is 6.82. The summed E-state index contributed by atoms with van der Waals surface area (Å²) in [5.41, 5.74) is 1.79. The van der Waals surface area contributed by atoms with Gasteiger partial charge in [-0.25, -0.2) is 0 Å². The van der Waals surface area contributed by atoms with Gasteiger partial charge in [0, 0.05) is 11.5 Å². The van der Waals surface area contributed by atoms with E-state index in [4.69, 9.17) is 9.47 Å². The van der Waals surface area contributed by atoms with Crippen LogP contribution in [0.3, 0.4) is 0 Å². The van der Waals surface area contributed by atoms with Gasteiger partial charge in [0.25, 0.3) is 0 Å². The molecule has 0 saturated carbocycles. The monoisotopic (exact) mass is 458 g/mol. The number of ether oxygens (including phenoxy) is 2. The number of carbonyl (C=O) groups is 2. The van der Waals surface area contributed by atoms with Crippen LogP contribution in [0.25, 0.3) is 10.8 Å². The van der Waals surface area contributed by atoms with Crippen molar-refractivity contribution in [1.29, 1.82) is 0 Å². The Hall–Kier alpha value is -3.38. The Kier molecular flexibility index (Phi) is 6.50. The molecule has 176 valence electrons. The van der Waals surface area contributed by atoms with Crippen molar-refractivity contribution in [1.82, 2.24) is 10.2 Å². The normalized spacial score (nSPS) is 17.3. The minimum Gasteiger partial charge on any atom is -0.486 e. The van der Waals surface area contributed by atoms with Gasteiger partial charge < -0.3 is 14.8 Å². The highest BCUT2D eigenvalue weighted by molar-refractivity contribution is 5.98. The standard InChI is InChI=1S/C28H30N2O4/c1-19(23-8-4-6-20-5-2-3-7-24(20)23)29-27(31)18-30-13-11-21(12-14-30)28(32)22-9-10-25-26(17-22)34-16-15-33-25/h2-10,17,19,21H,11-16,18H2,1H3,(H,29,31). The van der Waals surface area contributed by atoms with Gasteiger partial charge in [-0.15, -0.1) is 0 Å². The van der Waals surface area contributed by atoms with Crippen molar-refractivity contribution in [2.75, 3.05) is 32.8 Å². The van der Waals surface area contributed by atoms with Gasteiger partial charge in [0.2, 0.25) is 5.91 Å². The van der Waals surface area contributed by atoms with Crippen LogP contribution in [0.4, 0.5) is 0 Å². The van der Waals surface area contributed by atoms with Crippen molar-refractivity contribution in [2.24, 2.45) is 5.92 Å². The van der Waals surface area contributed by atoms with Crippen LogP contribution >= 0.6 is 0 Å². The molecule has 34 heavy (non-hydrogen) atoms. The molecule has 0 spiro atoms. The Morgan fingerprint density at radius 1 is 0.971 bits per heavy atom. The van der Waals surface area contributed by atoms with E-state index >= 15 is 0 Å². The molecule has 0 radical (unpaired) electrons. The molecule has 3 aromatic carbocycles. The predicted octanol–water partition coefficient (Wildman–Crippen LogP) is 4.38. The van der Waals surface area contributed by atoms with Gasteiger partial charge in [-0.05, 0) is 67.4 Å². The third kappa shape index (κ3) is 4.77. The number of piperidine rings is 1. The van der Waals surface area contributed by atoms with Crippen LogP contribution in [-0.2, 0) is 4.79 Å². The Bertz CT molecular complexity index is 1190. The number of nitrogens with one attached hydrogen (secondary N) is 1. The summed E-state index contributed by atoms with van der Waals surface area (Å²) < 4.78 is 11.2. The highest BCUT2D eigenvalue weighted by Crippen LogP contribution is 2.32. The minimum absolute atomic E-state index is 0.0112. The molecule has 0 aromatic heterocycles. The molecule has 2 aliphatic rings. The molecule has 1 atom stereocenters. The van der Waals surface area contributed by atoms with Crippen LogP contribution in [0.1, 0.15) is 41.7 Å². The quantitative estimate of drug-likeness (QED) is 0.555. The van der Waals surface area contributed by atoms with E-state index < -0.39 is 0 Å². The zero-order valence-electron chi connectivity index (χ0n) is 19.5. The van der Waals surface area contributed by atoms with Crippen LogP contribution in [0.5, 0.6) is 11.5 Å². The topological polar surface area (TPSA) is 67.9 Å². The summed E-state index contributed by atoms with van der Waals surface area (Å²) in [6.45, 7) is 4.88. The fourth-order valence-corrected chi connectivity index (χ4v) is 4.98. The van der Waals surface area contributed by atoms with Crippen LogP contribution < -0.4 is 14.8 Å². The summed E-state index contributed by atoms with van der Waals surface area (Å²) in [5.74, 6) is 1.46. The van der Waals surface area contributed by atoms with Crippen LogP contribution in [0.15, 0.2) is 60.7 Å². The maximum absolute atomic E-state index is 13.0. The molecule has 2 heterocycles. The molecule has 1 fully saturated rings. The minimum atomic E-state index is -0.0760. The van der Waals surface area contributed by atoms with Gasteiger partial charge in [-0.1, -0.05) is 42.5 Å². The van der Waals surface area contributed by atoms with Gasteiger partial charge in [-0.2, -0.15) is 0 Å². The number of Topliss-reactive ketones (excluding diaryl/α,β-unsaturated/α-hetero) is 1. The third-order valence-corrected chi connectivity index (χ3v) is 6.82. The summed E-state index contributed by atoms with van der Waals surface area (Å²) in [5, 5.41) is 5.49. The van der Waals surface area contributed by atoms with E-state index in [1.165, 1.54) is 5.39 Å². The summed E-state index contributed by atoms with van der Waals surface area (Å²) in [7, 11) is 0. The van der Waals surface area contributed by atoms with Crippen LogP contribution in [0.2, 0.25) is 0 Å². The molecule has 6 heteroatoms. The lowest BCUT2D eigenvalue weighted by atomic mass is 9.88. The molecule has 0 bridgehead atoms. The molecule has 2 aliphatic heterocycles. The largest absolute Gasteiger partial charge is 0.486 e. The van der Waals surface area contributed by atoms with Gasteiger partial charge in [0.05, 0.1) is 12.6 Å². The molecular weight excluding hydrogens is 428 g/mol. The number of amides is 1. The van der Waals surface area contributed by atoms with Crippen LogP contribution in [0, 0.1) is 5.92 Å².